The van der Waals surface area contributed by atoms with Crippen LogP contribution in [0.1, 0.15) is 39.2 Å². The van der Waals surface area contributed by atoms with Crippen LogP contribution in [0.25, 0.3) is 6.08 Å². The van der Waals surface area contributed by atoms with Crippen LogP contribution < -0.4 is 9.47 Å². The van der Waals surface area contributed by atoms with E-state index in [1.54, 1.807) is 14.2 Å². The Bertz CT molecular complexity index is 551. The summed E-state index contributed by atoms with van der Waals surface area (Å²) >= 11 is 0. The average molecular weight is 300 g/mol. The van der Waals surface area contributed by atoms with Crippen LogP contribution in [0.4, 0.5) is 0 Å². The second kappa shape index (κ2) is 8.47. The van der Waals surface area contributed by atoms with Gasteiger partial charge in [0, 0.05) is 5.41 Å². The number of methoxy groups -OCH3 is 2. The van der Waals surface area contributed by atoms with E-state index < -0.39 is 0 Å². The molecule has 0 saturated carbocycles. The SMILES string of the molecule is C=C[C@@](C)(/C=C/c1ccc(OC)c(OC)c1)CCC=C(C)C. The highest BCUT2D eigenvalue weighted by atomic mass is 16.5. The van der Waals surface area contributed by atoms with Crippen LogP contribution in [0.5, 0.6) is 11.5 Å². The summed E-state index contributed by atoms with van der Waals surface area (Å²) in [5.41, 5.74) is 2.43. The molecule has 0 heterocycles. The molecule has 0 spiro atoms. The molecule has 0 aliphatic rings. The molecule has 120 valence electrons. The van der Waals surface area contributed by atoms with Gasteiger partial charge in [-0.15, -0.1) is 6.58 Å². The van der Waals surface area contributed by atoms with Crippen LogP contribution in [-0.4, -0.2) is 14.2 Å². The van der Waals surface area contributed by atoms with E-state index >= 15 is 0 Å². The van der Waals surface area contributed by atoms with Crippen molar-refractivity contribution in [2.75, 3.05) is 14.2 Å². The Morgan fingerprint density at radius 1 is 1.18 bits per heavy atom. The van der Waals surface area contributed by atoms with Crippen LogP contribution in [-0.2, 0) is 0 Å². The van der Waals surface area contributed by atoms with Gasteiger partial charge in [-0.2, -0.15) is 0 Å². The molecule has 0 radical (unpaired) electrons. The van der Waals surface area contributed by atoms with E-state index in [1.807, 2.05) is 24.3 Å². The molecule has 1 aromatic rings. The summed E-state index contributed by atoms with van der Waals surface area (Å²) in [6.45, 7) is 10.5. The van der Waals surface area contributed by atoms with E-state index in [0.717, 1.165) is 29.9 Å². The summed E-state index contributed by atoms with van der Waals surface area (Å²) in [7, 11) is 3.30. The molecule has 1 atom stereocenters. The maximum atomic E-state index is 5.34. The van der Waals surface area contributed by atoms with Gasteiger partial charge in [0.1, 0.15) is 0 Å². The van der Waals surface area contributed by atoms with Gasteiger partial charge in [0.05, 0.1) is 14.2 Å². The van der Waals surface area contributed by atoms with E-state index in [1.165, 1.54) is 5.57 Å². The molecule has 1 rings (SSSR count). The number of hydrogen-bond donors (Lipinski definition) is 0. The zero-order valence-electron chi connectivity index (χ0n) is 14.5. The minimum Gasteiger partial charge on any atom is -0.493 e. The predicted molar refractivity (Wildman–Crippen MR) is 95.5 cm³/mol. The third-order valence-electron chi connectivity index (χ3n) is 3.77. The largest absolute Gasteiger partial charge is 0.493 e. The first kappa shape index (κ1) is 18.1. The summed E-state index contributed by atoms with van der Waals surface area (Å²) in [5.74, 6) is 1.49. The first-order valence-electron chi connectivity index (χ1n) is 7.62. The summed E-state index contributed by atoms with van der Waals surface area (Å²) in [6, 6.07) is 5.93. The average Bonchev–Trinajstić information content (AvgIpc) is 2.52. The fourth-order valence-electron chi connectivity index (χ4n) is 2.17. The molecule has 1 aromatic carbocycles. The van der Waals surface area contributed by atoms with Crippen molar-refractivity contribution in [3.05, 3.63) is 54.1 Å². The summed E-state index contributed by atoms with van der Waals surface area (Å²) in [5, 5.41) is 0. The van der Waals surface area contributed by atoms with Gasteiger partial charge in [0.25, 0.3) is 0 Å². The molecule has 0 N–H and O–H groups in total. The Morgan fingerprint density at radius 2 is 1.86 bits per heavy atom. The van der Waals surface area contributed by atoms with Gasteiger partial charge in [-0.3, -0.25) is 0 Å². The summed E-state index contributed by atoms with van der Waals surface area (Å²) < 4.78 is 10.6. The quantitative estimate of drug-likeness (QED) is 0.577. The number of rotatable bonds is 8. The first-order valence-corrected chi connectivity index (χ1v) is 7.62. The van der Waals surface area contributed by atoms with Gasteiger partial charge < -0.3 is 9.47 Å². The van der Waals surface area contributed by atoms with Gasteiger partial charge in [0.2, 0.25) is 0 Å². The van der Waals surface area contributed by atoms with Crippen LogP contribution in [0.2, 0.25) is 0 Å². The molecule has 0 unspecified atom stereocenters. The third kappa shape index (κ3) is 5.44. The van der Waals surface area contributed by atoms with Crippen LogP contribution >= 0.6 is 0 Å². The Labute approximate surface area is 135 Å². The Kier molecular flexibility index (Phi) is 6.97. The lowest BCUT2D eigenvalue weighted by molar-refractivity contribution is 0.355. The van der Waals surface area contributed by atoms with Crippen LogP contribution in [0.3, 0.4) is 0 Å². The van der Waals surface area contributed by atoms with Crippen LogP contribution in [0.15, 0.2) is 48.6 Å². The van der Waals surface area contributed by atoms with Gasteiger partial charge >= 0.3 is 0 Å². The van der Waals surface area contributed by atoms with E-state index in [9.17, 15) is 0 Å². The van der Waals surface area contributed by atoms with Crippen molar-refractivity contribution in [3.8, 4) is 11.5 Å². The van der Waals surface area contributed by atoms with Crippen molar-refractivity contribution >= 4 is 6.08 Å². The molecule has 0 aliphatic heterocycles. The highest BCUT2D eigenvalue weighted by molar-refractivity contribution is 5.56. The minimum absolute atomic E-state index is 0.0148. The molecule has 22 heavy (non-hydrogen) atoms. The maximum Gasteiger partial charge on any atom is 0.161 e. The standard InChI is InChI=1S/C20H28O2/c1-7-20(4,13-8-9-16(2)3)14-12-17-10-11-18(21-5)19(15-17)22-6/h7,9-12,14-15H,1,8,13H2,2-6H3/b14-12+/t20-/m1/s1. The van der Waals surface area contributed by atoms with E-state index in [2.05, 4.69) is 45.6 Å². The smallest absolute Gasteiger partial charge is 0.161 e. The van der Waals surface area contributed by atoms with Gasteiger partial charge in [-0.05, 0) is 44.4 Å². The second-order valence-corrected chi connectivity index (χ2v) is 5.98. The van der Waals surface area contributed by atoms with Gasteiger partial charge in [-0.25, -0.2) is 0 Å². The molecule has 2 nitrogen and oxygen atoms in total. The zero-order chi connectivity index (χ0) is 16.6. The maximum absolute atomic E-state index is 5.34. The highest BCUT2D eigenvalue weighted by Gasteiger charge is 2.15. The highest BCUT2D eigenvalue weighted by Crippen LogP contribution is 2.31. The van der Waals surface area contributed by atoms with Crippen LogP contribution in [0, 0.1) is 5.41 Å². The van der Waals surface area contributed by atoms with Crippen molar-refractivity contribution in [1.82, 2.24) is 0 Å². The Hall–Kier alpha value is -1.96. The molecule has 0 amide bonds. The molecular formula is C20H28O2. The van der Waals surface area contributed by atoms with Crippen molar-refractivity contribution in [2.24, 2.45) is 5.41 Å². The van der Waals surface area contributed by atoms with E-state index in [0.29, 0.717) is 0 Å². The molecule has 2 heteroatoms. The van der Waals surface area contributed by atoms with E-state index in [4.69, 9.17) is 9.47 Å². The molecule has 0 aliphatic carbocycles. The van der Waals surface area contributed by atoms with Crippen molar-refractivity contribution < 1.29 is 9.47 Å². The number of benzene rings is 1. The van der Waals surface area contributed by atoms with Gasteiger partial charge in [0.15, 0.2) is 11.5 Å². The second-order valence-electron chi connectivity index (χ2n) is 5.98. The minimum atomic E-state index is -0.0148. The molecule has 0 saturated heterocycles. The van der Waals surface area contributed by atoms with Crippen molar-refractivity contribution in [3.63, 3.8) is 0 Å². The molecule has 0 bridgehead atoms. The summed E-state index contributed by atoms with van der Waals surface area (Å²) in [4.78, 5) is 0. The lowest BCUT2D eigenvalue weighted by Gasteiger charge is -2.20. The Balaban J connectivity index is 2.87. The lowest BCUT2D eigenvalue weighted by Crippen LogP contribution is -2.08. The van der Waals surface area contributed by atoms with Crippen molar-refractivity contribution in [1.29, 1.82) is 0 Å². The lowest BCUT2D eigenvalue weighted by atomic mass is 9.84. The predicted octanol–water partition coefficient (Wildman–Crippen LogP) is 5.66. The topological polar surface area (TPSA) is 18.5 Å². The summed E-state index contributed by atoms with van der Waals surface area (Å²) in [6.07, 6.45) is 10.7. The monoisotopic (exact) mass is 300 g/mol. The molecule has 0 aromatic heterocycles. The third-order valence-corrected chi connectivity index (χ3v) is 3.77. The number of ether oxygens (including phenoxy) is 2. The normalized spacial score (nSPS) is 13.5. The Morgan fingerprint density at radius 3 is 2.41 bits per heavy atom. The number of hydrogen-bond acceptors (Lipinski definition) is 2. The fraction of sp³-hybridized carbons (Fsp3) is 0.400. The zero-order valence-corrected chi connectivity index (χ0v) is 14.5. The first-order chi connectivity index (χ1) is 10.4. The molecule has 0 fully saturated rings. The fourth-order valence-corrected chi connectivity index (χ4v) is 2.17. The van der Waals surface area contributed by atoms with Gasteiger partial charge in [-0.1, -0.05) is 42.9 Å². The molecular weight excluding hydrogens is 272 g/mol. The van der Waals surface area contributed by atoms with E-state index in [-0.39, 0.29) is 5.41 Å². The van der Waals surface area contributed by atoms with Crippen molar-refractivity contribution in [2.45, 2.75) is 33.6 Å². The number of allylic oxidation sites excluding steroid dienone is 4.